The lowest BCUT2D eigenvalue weighted by Gasteiger charge is -2.19. The molecule has 68 valence electrons. The van der Waals surface area contributed by atoms with Crippen molar-refractivity contribution in [3.05, 3.63) is 0 Å². The van der Waals surface area contributed by atoms with Gasteiger partial charge in [-0.05, 0) is 13.3 Å². The summed E-state index contributed by atoms with van der Waals surface area (Å²) in [7, 11) is 0. The third kappa shape index (κ3) is 3.21. The molecule has 0 unspecified atom stereocenters. The van der Waals surface area contributed by atoms with Gasteiger partial charge in [0.2, 0.25) is 0 Å². The van der Waals surface area contributed by atoms with Crippen LogP contribution in [0.3, 0.4) is 0 Å². The first-order chi connectivity index (χ1) is 5.83. The van der Waals surface area contributed by atoms with Crippen LogP contribution in [-0.2, 0) is 4.74 Å². The molecule has 1 fully saturated rings. The standard InChI is InChI=1S/C9H16N2O/c1-9-8-11(5-2-4-10)6-3-7-12-9/h9H,2-3,5-8H2,1H3/t9-/m0/s1. The van der Waals surface area contributed by atoms with Gasteiger partial charge in [0.1, 0.15) is 0 Å². The van der Waals surface area contributed by atoms with Crippen LogP contribution < -0.4 is 0 Å². The highest BCUT2D eigenvalue weighted by Gasteiger charge is 2.13. The summed E-state index contributed by atoms with van der Waals surface area (Å²) < 4.78 is 5.49. The van der Waals surface area contributed by atoms with Gasteiger partial charge in [-0.3, -0.25) is 4.90 Å². The predicted octanol–water partition coefficient (Wildman–Crippen LogP) is 1.01. The zero-order valence-corrected chi connectivity index (χ0v) is 7.62. The molecule has 0 aromatic rings. The number of rotatable bonds is 2. The fourth-order valence-electron chi connectivity index (χ4n) is 1.49. The second-order valence-electron chi connectivity index (χ2n) is 3.24. The van der Waals surface area contributed by atoms with Crippen molar-refractivity contribution in [1.29, 1.82) is 5.26 Å². The van der Waals surface area contributed by atoms with Crippen LogP contribution in [0.4, 0.5) is 0 Å². The average molecular weight is 168 g/mol. The Kier molecular flexibility index (Phi) is 4.06. The molecule has 0 amide bonds. The van der Waals surface area contributed by atoms with Gasteiger partial charge >= 0.3 is 0 Å². The zero-order chi connectivity index (χ0) is 8.81. The van der Waals surface area contributed by atoms with Crippen molar-refractivity contribution >= 4 is 0 Å². The van der Waals surface area contributed by atoms with Crippen molar-refractivity contribution in [2.24, 2.45) is 0 Å². The highest BCUT2D eigenvalue weighted by atomic mass is 16.5. The number of hydrogen-bond donors (Lipinski definition) is 0. The van der Waals surface area contributed by atoms with E-state index in [2.05, 4.69) is 17.9 Å². The molecule has 12 heavy (non-hydrogen) atoms. The smallest absolute Gasteiger partial charge is 0.0673 e. The fraction of sp³-hybridized carbons (Fsp3) is 0.889. The summed E-state index contributed by atoms with van der Waals surface area (Å²) in [6.07, 6.45) is 2.05. The van der Waals surface area contributed by atoms with Gasteiger partial charge in [0.15, 0.2) is 0 Å². The van der Waals surface area contributed by atoms with E-state index in [1.165, 1.54) is 0 Å². The van der Waals surface area contributed by atoms with Gasteiger partial charge in [0, 0.05) is 32.7 Å². The zero-order valence-electron chi connectivity index (χ0n) is 7.62. The lowest BCUT2D eigenvalue weighted by Crippen LogP contribution is -2.30. The summed E-state index contributed by atoms with van der Waals surface area (Å²) in [4.78, 5) is 2.31. The Morgan fingerprint density at radius 2 is 2.50 bits per heavy atom. The molecule has 0 aromatic heterocycles. The molecule has 0 aliphatic carbocycles. The molecule has 1 aliphatic heterocycles. The molecule has 0 saturated carbocycles. The van der Waals surface area contributed by atoms with Crippen molar-refractivity contribution in [3.8, 4) is 6.07 Å². The summed E-state index contributed by atoms with van der Waals surface area (Å²) in [5.41, 5.74) is 0. The van der Waals surface area contributed by atoms with E-state index in [1.54, 1.807) is 0 Å². The summed E-state index contributed by atoms with van der Waals surface area (Å²) in [5, 5.41) is 8.43. The van der Waals surface area contributed by atoms with Gasteiger partial charge in [-0.15, -0.1) is 0 Å². The molecular formula is C9H16N2O. The van der Waals surface area contributed by atoms with Gasteiger partial charge in [0.25, 0.3) is 0 Å². The number of nitriles is 1. The van der Waals surface area contributed by atoms with Crippen molar-refractivity contribution in [2.45, 2.75) is 25.9 Å². The first-order valence-corrected chi connectivity index (χ1v) is 4.54. The SMILES string of the molecule is C[C@H]1CN(CCC#N)CCCO1. The van der Waals surface area contributed by atoms with Crippen molar-refractivity contribution < 1.29 is 4.74 Å². The molecule has 1 heterocycles. The molecule has 0 aromatic carbocycles. The van der Waals surface area contributed by atoms with Gasteiger partial charge in [-0.2, -0.15) is 5.26 Å². The maximum absolute atomic E-state index is 8.43. The van der Waals surface area contributed by atoms with Gasteiger partial charge < -0.3 is 4.74 Å². The Labute approximate surface area is 73.9 Å². The summed E-state index contributed by atoms with van der Waals surface area (Å²) in [5.74, 6) is 0. The quantitative estimate of drug-likeness (QED) is 0.617. The van der Waals surface area contributed by atoms with Crippen LogP contribution in [-0.4, -0.2) is 37.2 Å². The Balaban J connectivity index is 2.27. The van der Waals surface area contributed by atoms with Gasteiger partial charge in [-0.25, -0.2) is 0 Å². The predicted molar refractivity (Wildman–Crippen MR) is 46.7 cm³/mol. The minimum absolute atomic E-state index is 0.325. The van der Waals surface area contributed by atoms with Crippen molar-refractivity contribution in [2.75, 3.05) is 26.2 Å². The second-order valence-corrected chi connectivity index (χ2v) is 3.24. The first-order valence-electron chi connectivity index (χ1n) is 4.54. The van der Waals surface area contributed by atoms with Crippen molar-refractivity contribution in [3.63, 3.8) is 0 Å². The van der Waals surface area contributed by atoms with Crippen LogP contribution in [0.5, 0.6) is 0 Å². The number of nitrogens with zero attached hydrogens (tertiary/aromatic N) is 2. The summed E-state index contributed by atoms with van der Waals surface area (Å²) >= 11 is 0. The highest BCUT2D eigenvalue weighted by Crippen LogP contribution is 2.05. The van der Waals surface area contributed by atoms with Gasteiger partial charge in [0.05, 0.1) is 12.2 Å². The third-order valence-corrected chi connectivity index (χ3v) is 2.08. The Bertz CT molecular complexity index is 164. The van der Waals surface area contributed by atoms with E-state index in [9.17, 15) is 0 Å². The molecule has 1 atom stereocenters. The van der Waals surface area contributed by atoms with Crippen molar-refractivity contribution in [1.82, 2.24) is 4.90 Å². The van der Waals surface area contributed by atoms with Crippen LogP contribution in [0, 0.1) is 11.3 Å². The summed E-state index contributed by atoms with van der Waals surface area (Å²) in [6, 6.07) is 2.17. The Morgan fingerprint density at radius 3 is 3.25 bits per heavy atom. The molecule has 1 aliphatic rings. The molecule has 0 N–H and O–H groups in total. The van der Waals surface area contributed by atoms with E-state index in [0.717, 1.165) is 32.7 Å². The first kappa shape index (κ1) is 9.50. The van der Waals surface area contributed by atoms with Crippen LogP contribution in [0.2, 0.25) is 0 Å². The number of ether oxygens (including phenoxy) is 1. The Morgan fingerprint density at radius 1 is 1.67 bits per heavy atom. The lowest BCUT2D eigenvalue weighted by molar-refractivity contribution is 0.0680. The fourth-order valence-corrected chi connectivity index (χ4v) is 1.49. The normalized spacial score (nSPS) is 26.2. The van der Waals surface area contributed by atoms with Crippen LogP contribution in [0.15, 0.2) is 0 Å². The molecule has 3 heteroatoms. The minimum Gasteiger partial charge on any atom is -0.377 e. The number of hydrogen-bond acceptors (Lipinski definition) is 3. The van der Waals surface area contributed by atoms with E-state index in [0.29, 0.717) is 12.5 Å². The summed E-state index contributed by atoms with van der Waals surface area (Å²) in [6.45, 7) is 5.90. The third-order valence-electron chi connectivity index (χ3n) is 2.08. The molecular weight excluding hydrogens is 152 g/mol. The van der Waals surface area contributed by atoms with E-state index in [1.807, 2.05) is 0 Å². The van der Waals surface area contributed by atoms with Gasteiger partial charge in [-0.1, -0.05) is 0 Å². The topological polar surface area (TPSA) is 36.3 Å². The van der Waals surface area contributed by atoms with Crippen LogP contribution in [0.1, 0.15) is 19.8 Å². The highest BCUT2D eigenvalue weighted by molar-refractivity contribution is 4.74. The van der Waals surface area contributed by atoms with E-state index >= 15 is 0 Å². The monoisotopic (exact) mass is 168 g/mol. The largest absolute Gasteiger partial charge is 0.377 e. The molecule has 3 nitrogen and oxygen atoms in total. The maximum Gasteiger partial charge on any atom is 0.0673 e. The minimum atomic E-state index is 0.325. The van der Waals surface area contributed by atoms with E-state index in [-0.39, 0.29) is 0 Å². The average Bonchev–Trinajstić information content (AvgIpc) is 2.26. The van der Waals surface area contributed by atoms with E-state index < -0.39 is 0 Å². The van der Waals surface area contributed by atoms with E-state index in [4.69, 9.17) is 10.00 Å². The molecule has 0 spiro atoms. The molecule has 0 bridgehead atoms. The molecule has 1 saturated heterocycles. The van der Waals surface area contributed by atoms with Crippen LogP contribution >= 0.6 is 0 Å². The lowest BCUT2D eigenvalue weighted by atomic mass is 10.3. The molecule has 0 radical (unpaired) electrons. The second kappa shape index (κ2) is 5.13. The molecule has 1 rings (SSSR count). The Hall–Kier alpha value is -0.590. The van der Waals surface area contributed by atoms with Crippen LogP contribution in [0.25, 0.3) is 0 Å². The maximum atomic E-state index is 8.43.